The van der Waals surface area contributed by atoms with Crippen LogP contribution in [0, 0.1) is 5.82 Å². The Kier molecular flexibility index (Phi) is 5.58. The predicted octanol–water partition coefficient (Wildman–Crippen LogP) is 3.25. The molecular formula is C20H19ClFN3O3S. The van der Waals surface area contributed by atoms with Gasteiger partial charge in [0, 0.05) is 30.8 Å². The zero-order valence-electron chi connectivity index (χ0n) is 15.4. The van der Waals surface area contributed by atoms with E-state index in [9.17, 15) is 14.0 Å². The molecule has 3 heterocycles. The molecule has 152 valence electrons. The van der Waals surface area contributed by atoms with Gasteiger partial charge in [0.2, 0.25) is 0 Å². The van der Waals surface area contributed by atoms with Gasteiger partial charge in [-0.25, -0.2) is 4.39 Å². The molecule has 0 unspecified atom stereocenters. The third-order valence-corrected chi connectivity index (χ3v) is 6.27. The number of piperidine rings is 1. The van der Waals surface area contributed by atoms with Crippen LogP contribution in [0.3, 0.4) is 0 Å². The molecule has 2 aliphatic rings. The summed E-state index contributed by atoms with van der Waals surface area (Å²) in [7, 11) is 0. The smallest absolute Gasteiger partial charge is 0.269 e. The number of halogens is 2. The number of rotatable bonds is 4. The monoisotopic (exact) mass is 435 g/mol. The fourth-order valence-electron chi connectivity index (χ4n) is 3.44. The van der Waals surface area contributed by atoms with Gasteiger partial charge in [-0.1, -0.05) is 23.7 Å². The minimum Gasteiger partial charge on any atom is -0.346 e. The third kappa shape index (κ3) is 4.14. The molecule has 0 radical (unpaired) electrons. The van der Waals surface area contributed by atoms with Gasteiger partial charge in [-0.15, -0.1) is 11.3 Å². The molecule has 6 nitrogen and oxygen atoms in total. The lowest BCUT2D eigenvalue weighted by Crippen LogP contribution is -2.46. The van der Waals surface area contributed by atoms with Gasteiger partial charge in [0.25, 0.3) is 11.8 Å². The lowest BCUT2D eigenvalue weighted by Gasteiger charge is -2.36. The van der Waals surface area contributed by atoms with Crippen LogP contribution >= 0.6 is 22.9 Å². The molecule has 1 aromatic carbocycles. The zero-order chi connectivity index (χ0) is 20.4. The number of nitrogens with one attached hydrogen (secondary N) is 2. The molecule has 1 fully saturated rings. The number of hydrogen-bond donors (Lipinski definition) is 2. The van der Waals surface area contributed by atoms with Crippen molar-refractivity contribution in [3.8, 4) is 0 Å². The van der Waals surface area contributed by atoms with E-state index in [2.05, 4.69) is 10.8 Å². The highest BCUT2D eigenvalue weighted by molar-refractivity contribution is 7.09. The molecule has 2 aliphatic heterocycles. The van der Waals surface area contributed by atoms with E-state index in [1.165, 1.54) is 12.1 Å². The summed E-state index contributed by atoms with van der Waals surface area (Å²) in [5, 5.41) is 4.73. The Balaban J connectivity index is 1.36. The van der Waals surface area contributed by atoms with Crippen LogP contribution in [0.4, 0.5) is 4.39 Å². The second-order valence-corrected chi connectivity index (χ2v) is 8.42. The topological polar surface area (TPSA) is 70.7 Å². The first-order valence-electron chi connectivity index (χ1n) is 9.18. The van der Waals surface area contributed by atoms with Gasteiger partial charge in [-0.2, -0.15) is 0 Å². The van der Waals surface area contributed by atoms with E-state index >= 15 is 0 Å². The number of carbonyl (C=O) groups is 2. The molecule has 29 heavy (non-hydrogen) atoms. The Morgan fingerprint density at radius 1 is 1.28 bits per heavy atom. The lowest BCUT2D eigenvalue weighted by atomic mass is 9.90. The van der Waals surface area contributed by atoms with Crippen molar-refractivity contribution in [2.75, 3.05) is 13.1 Å². The fraction of sp³-hybridized carbons (Fsp3) is 0.300. The Hall–Kier alpha value is -2.42. The molecule has 0 aliphatic carbocycles. The van der Waals surface area contributed by atoms with Crippen LogP contribution in [0.15, 0.2) is 47.5 Å². The molecule has 2 amide bonds. The Bertz CT molecular complexity index is 956. The SMILES string of the molecule is O=C(NCc1cccs1)C1=CC2(CCN(C(=O)c3cccc(Cl)c3F)CC2)ON1. The van der Waals surface area contributed by atoms with Gasteiger partial charge in [0.1, 0.15) is 11.3 Å². The molecule has 4 rings (SSSR count). The number of hydrogen-bond acceptors (Lipinski definition) is 5. The first kappa shape index (κ1) is 19.9. The van der Waals surface area contributed by atoms with E-state index in [0.29, 0.717) is 38.2 Å². The van der Waals surface area contributed by atoms with Gasteiger partial charge in [-0.05, 0) is 29.7 Å². The fourth-order valence-corrected chi connectivity index (χ4v) is 4.26. The highest BCUT2D eigenvalue weighted by Gasteiger charge is 2.41. The van der Waals surface area contributed by atoms with Crippen molar-refractivity contribution in [1.29, 1.82) is 0 Å². The van der Waals surface area contributed by atoms with E-state index in [0.717, 1.165) is 4.88 Å². The molecule has 0 saturated carbocycles. The summed E-state index contributed by atoms with van der Waals surface area (Å²) in [6, 6.07) is 8.28. The summed E-state index contributed by atoms with van der Waals surface area (Å²) >= 11 is 7.35. The summed E-state index contributed by atoms with van der Waals surface area (Å²) in [5.74, 6) is -1.35. The molecule has 9 heteroatoms. The minimum atomic E-state index is -0.706. The number of amides is 2. The first-order valence-corrected chi connectivity index (χ1v) is 10.4. The van der Waals surface area contributed by atoms with Crippen molar-refractivity contribution in [3.05, 3.63) is 68.8 Å². The van der Waals surface area contributed by atoms with Crippen LogP contribution in [-0.4, -0.2) is 35.4 Å². The number of nitrogens with zero attached hydrogens (tertiary/aromatic N) is 1. The average Bonchev–Trinajstić information content (AvgIpc) is 3.39. The number of thiophene rings is 1. The van der Waals surface area contributed by atoms with E-state index in [-0.39, 0.29) is 16.5 Å². The van der Waals surface area contributed by atoms with E-state index in [1.54, 1.807) is 28.4 Å². The summed E-state index contributed by atoms with van der Waals surface area (Å²) in [6.07, 6.45) is 2.77. The number of likely N-dealkylation sites (tertiary alicyclic amines) is 1. The predicted molar refractivity (Wildman–Crippen MR) is 108 cm³/mol. The second kappa shape index (κ2) is 8.14. The van der Waals surface area contributed by atoms with Crippen molar-refractivity contribution in [2.24, 2.45) is 0 Å². The average molecular weight is 436 g/mol. The normalized spacial score (nSPS) is 17.7. The molecule has 2 aromatic rings. The van der Waals surface area contributed by atoms with Crippen molar-refractivity contribution in [1.82, 2.24) is 15.7 Å². The van der Waals surface area contributed by atoms with E-state index in [4.69, 9.17) is 16.4 Å². The maximum atomic E-state index is 14.1. The third-order valence-electron chi connectivity index (χ3n) is 5.10. The molecule has 1 spiro atoms. The maximum absolute atomic E-state index is 14.1. The molecule has 1 saturated heterocycles. The van der Waals surface area contributed by atoms with Crippen molar-refractivity contribution in [2.45, 2.75) is 25.0 Å². The lowest BCUT2D eigenvalue weighted by molar-refractivity contribution is -0.120. The standard InChI is InChI=1S/C20H19ClFN3O3S/c21-15-5-1-4-14(17(15)22)19(27)25-8-6-20(7-9-25)11-16(24-28-20)18(26)23-12-13-3-2-10-29-13/h1-5,10-11,24H,6-9,12H2,(H,23,26). The molecule has 0 bridgehead atoms. The number of benzene rings is 1. The molecule has 2 N–H and O–H groups in total. The minimum absolute atomic E-state index is 0.0388. The largest absolute Gasteiger partial charge is 0.346 e. The van der Waals surface area contributed by atoms with Crippen molar-refractivity contribution < 1.29 is 18.8 Å². The highest BCUT2D eigenvalue weighted by atomic mass is 35.5. The van der Waals surface area contributed by atoms with Crippen LogP contribution < -0.4 is 10.8 Å². The van der Waals surface area contributed by atoms with Crippen LogP contribution in [0.1, 0.15) is 28.1 Å². The van der Waals surface area contributed by atoms with Crippen LogP contribution in [0.25, 0.3) is 0 Å². The molecule has 0 atom stereocenters. The molecular weight excluding hydrogens is 417 g/mol. The van der Waals surface area contributed by atoms with E-state index < -0.39 is 17.3 Å². The highest BCUT2D eigenvalue weighted by Crippen LogP contribution is 2.33. The summed E-state index contributed by atoms with van der Waals surface area (Å²) < 4.78 is 14.1. The summed E-state index contributed by atoms with van der Waals surface area (Å²) in [5.41, 5.74) is 2.38. The van der Waals surface area contributed by atoms with Gasteiger partial charge in [0.05, 0.1) is 17.1 Å². The Morgan fingerprint density at radius 2 is 2.07 bits per heavy atom. The van der Waals surface area contributed by atoms with Gasteiger partial charge < -0.3 is 10.2 Å². The van der Waals surface area contributed by atoms with Gasteiger partial charge in [0.15, 0.2) is 5.82 Å². The zero-order valence-corrected chi connectivity index (χ0v) is 17.0. The number of hydroxylamine groups is 1. The second-order valence-electron chi connectivity index (χ2n) is 6.98. The quantitative estimate of drug-likeness (QED) is 0.773. The van der Waals surface area contributed by atoms with Crippen LogP contribution in [0.2, 0.25) is 5.02 Å². The Morgan fingerprint density at radius 3 is 2.79 bits per heavy atom. The maximum Gasteiger partial charge on any atom is 0.269 e. The first-order chi connectivity index (χ1) is 14.0. The van der Waals surface area contributed by atoms with Gasteiger partial charge >= 0.3 is 0 Å². The summed E-state index contributed by atoms with van der Waals surface area (Å²) in [4.78, 5) is 33.3. The Labute approximate surface area is 176 Å². The van der Waals surface area contributed by atoms with E-state index in [1.807, 2.05) is 17.5 Å². The molecule has 1 aromatic heterocycles. The summed E-state index contributed by atoms with van der Waals surface area (Å²) in [6.45, 7) is 1.22. The van der Waals surface area contributed by atoms with Crippen molar-refractivity contribution >= 4 is 34.8 Å². The number of carbonyl (C=O) groups excluding carboxylic acids is 2. The van der Waals surface area contributed by atoms with Crippen LogP contribution in [0.5, 0.6) is 0 Å². The van der Waals surface area contributed by atoms with Crippen molar-refractivity contribution in [3.63, 3.8) is 0 Å². The van der Waals surface area contributed by atoms with Gasteiger partial charge in [-0.3, -0.25) is 19.9 Å². The van der Waals surface area contributed by atoms with Crippen LogP contribution in [-0.2, 0) is 16.2 Å².